The lowest BCUT2D eigenvalue weighted by Gasteiger charge is -2.26. The molecule has 1 aromatic carbocycles. The van der Waals surface area contributed by atoms with Crippen LogP contribution in [0.15, 0.2) is 24.3 Å². The van der Waals surface area contributed by atoms with Crippen LogP contribution >= 0.6 is 0 Å². The van der Waals surface area contributed by atoms with Gasteiger partial charge in [-0.15, -0.1) is 0 Å². The Kier molecular flexibility index (Phi) is 6.65. The maximum absolute atomic E-state index is 13.4. The van der Waals surface area contributed by atoms with Gasteiger partial charge in [-0.25, -0.2) is 4.39 Å². The van der Waals surface area contributed by atoms with Crippen molar-refractivity contribution in [3.63, 3.8) is 0 Å². The fraction of sp³-hybridized carbons (Fsp3) is 0.467. The minimum Gasteiger partial charge on any atom is -0.481 e. The van der Waals surface area contributed by atoms with Crippen molar-refractivity contribution >= 4 is 11.9 Å². The number of benzene rings is 1. The number of rotatable bonds is 8. The lowest BCUT2D eigenvalue weighted by atomic mass is 10.2. The second-order valence-electron chi connectivity index (χ2n) is 4.90. The first-order chi connectivity index (χ1) is 9.91. The molecule has 1 aromatic rings. The third kappa shape index (κ3) is 5.81. The number of carboxylic acid groups (broad SMARTS) is 1. The van der Waals surface area contributed by atoms with Crippen molar-refractivity contribution in [3.05, 3.63) is 30.1 Å². The monoisotopic (exact) mass is 297 g/mol. The molecule has 0 heterocycles. The summed E-state index contributed by atoms with van der Waals surface area (Å²) in [6, 6.07) is 5.79. The van der Waals surface area contributed by atoms with Crippen molar-refractivity contribution in [1.29, 1.82) is 0 Å². The minimum atomic E-state index is -0.895. The van der Waals surface area contributed by atoms with Gasteiger partial charge < -0.3 is 14.7 Å². The van der Waals surface area contributed by atoms with Crippen LogP contribution in [0, 0.1) is 5.82 Å². The number of hydrogen-bond donors (Lipinski definition) is 1. The van der Waals surface area contributed by atoms with Crippen LogP contribution in [0.2, 0.25) is 0 Å². The van der Waals surface area contributed by atoms with Crippen LogP contribution < -0.4 is 4.74 Å². The van der Waals surface area contributed by atoms with E-state index in [0.717, 1.165) is 0 Å². The van der Waals surface area contributed by atoms with Gasteiger partial charge in [0.25, 0.3) is 5.91 Å². The zero-order valence-electron chi connectivity index (χ0n) is 12.2. The first-order valence-corrected chi connectivity index (χ1v) is 6.80. The maximum Gasteiger partial charge on any atom is 0.303 e. The summed E-state index contributed by atoms with van der Waals surface area (Å²) in [6.45, 7) is 3.74. The number of amides is 1. The summed E-state index contributed by atoms with van der Waals surface area (Å²) >= 11 is 0. The number of hydrogen-bond acceptors (Lipinski definition) is 3. The maximum atomic E-state index is 13.4. The number of ether oxygens (including phenoxy) is 1. The van der Waals surface area contributed by atoms with Gasteiger partial charge in [0.2, 0.25) is 0 Å². The standard InChI is InChI=1S/C15H20FNO4/c1-11(2)17(9-5-8-15(19)20)14(18)10-21-13-7-4-3-6-12(13)16/h3-4,6-7,11H,5,8-10H2,1-2H3,(H,19,20). The zero-order chi connectivity index (χ0) is 15.8. The lowest BCUT2D eigenvalue weighted by molar-refractivity contribution is -0.139. The first kappa shape index (κ1) is 16.9. The Morgan fingerprint density at radius 3 is 2.57 bits per heavy atom. The van der Waals surface area contributed by atoms with Gasteiger partial charge in [-0.2, -0.15) is 0 Å². The molecule has 0 atom stereocenters. The Balaban J connectivity index is 2.53. The largest absolute Gasteiger partial charge is 0.481 e. The van der Waals surface area contributed by atoms with Crippen LogP contribution in [-0.2, 0) is 9.59 Å². The third-order valence-corrected chi connectivity index (χ3v) is 2.92. The van der Waals surface area contributed by atoms with Crippen LogP contribution in [0.3, 0.4) is 0 Å². The van der Waals surface area contributed by atoms with Crippen molar-refractivity contribution in [2.24, 2.45) is 0 Å². The van der Waals surface area contributed by atoms with Crippen molar-refractivity contribution < 1.29 is 23.8 Å². The predicted octanol–water partition coefficient (Wildman–Crippen LogP) is 2.31. The number of carbonyl (C=O) groups is 2. The summed E-state index contributed by atoms with van der Waals surface area (Å²) in [5.41, 5.74) is 0. The molecule has 1 rings (SSSR count). The van der Waals surface area contributed by atoms with Crippen LogP contribution in [0.5, 0.6) is 5.75 Å². The quantitative estimate of drug-likeness (QED) is 0.799. The molecule has 0 saturated heterocycles. The van der Waals surface area contributed by atoms with Gasteiger partial charge in [0.1, 0.15) is 0 Å². The average Bonchev–Trinajstić information content (AvgIpc) is 2.41. The molecule has 5 nitrogen and oxygen atoms in total. The molecular formula is C15H20FNO4. The predicted molar refractivity (Wildman–Crippen MR) is 75.6 cm³/mol. The summed E-state index contributed by atoms with van der Waals surface area (Å²) < 4.78 is 18.6. The first-order valence-electron chi connectivity index (χ1n) is 6.80. The highest BCUT2D eigenvalue weighted by Gasteiger charge is 2.18. The van der Waals surface area contributed by atoms with Gasteiger partial charge in [0.05, 0.1) is 0 Å². The summed E-state index contributed by atoms with van der Waals surface area (Å²) in [4.78, 5) is 24.1. The van der Waals surface area contributed by atoms with E-state index in [4.69, 9.17) is 9.84 Å². The molecule has 0 aromatic heterocycles. The van der Waals surface area contributed by atoms with E-state index in [0.29, 0.717) is 13.0 Å². The number of aliphatic carboxylic acids is 1. The van der Waals surface area contributed by atoms with Crippen molar-refractivity contribution in [3.8, 4) is 5.75 Å². The molecule has 0 bridgehead atoms. The van der Waals surface area contributed by atoms with Gasteiger partial charge in [-0.1, -0.05) is 12.1 Å². The van der Waals surface area contributed by atoms with Crippen molar-refractivity contribution in [2.45, 2.75) is 32.7 Å². The molecule has 0 aliphatic carbocycles. The molecular weight excluding hydrogens is 277 g/mol. The van der Waals surface area contributed by atoms with Crippen LogP contribution in [0.4, 0.5) is 4.39 Å². The molecule has 0 saturated carbocycles. The highest BCUT2D eigenvalue weighted by atomic mass is 19.1. The number of carbonyl (C=O) groups excluding carboxylic acids is 1. The third-order valence-electron chi connectivity index (χ3n) is 2.92. The molecule has 1 amide bonds. The van der Waals surface area contributed by atoms with Gasteiger partial charge in [0, 0.05) is 19.0 Å². The molecule has 0 unspecified atom stereocenters. The zero-order valence-corrected chi connectivity index (χ0v) is 12.2. The highest BCUT2D eigenvalue weighted by molar-refractivity contribution is 5.78. The molecule has 0 spiro atoms. The van der Waals surface area contributed by atoms with Crippen molar-refractivity contribution in [2.75, 3.05) is 13.2 Å². The molecule has 0 aliphatic rings. The number of carboxylic acids is 1. The fourth-order valence-electron chi connectivity index (χ4n) is 1.86. The summed E-state index contributed by atoms with van der Waals surface area (Å²) in [5, 5.41) is 8.62. The Morgan fingerprint density at radius 1 is 1.33 bits per heavy atom. The molecule has 0 fully saturated rings. The summed E-state index contributed by atoms with van der Waals surface area (Å²) in [6.07, 6.45) is 0.379. The Hall–Kier alpha value is -2.11. The van der Waals surface area contributed by atoms with E-state index in [9.17, 15) is 14.0 Å². The number of halogens is 1. The molecule has 21 heavy (non-hydrogen) atoms. The van der Waals surface area contributed by atoms with Crippen molar-refractivity contribution in [1.82, 2.24) is 4.90 Å². The van der Waals surface area contributed by atoms with E-state index in [1.54, 1.807) is 6.07 Å². The Morgan fingerprint density at radius 2 is 2.00 bits per heavy atom. The molecule has 0 radical (unpaired) electrons. The molecule has 0 aliphatic heterocycles. The van der Waals surface area contributed by atoms with E-state index in [1.165, 1.54) is 23.1 Å². The molecule has 1 N–H and O–H groups in total. The fourth-order valence-corrected chi connectivity index (χ4v) is 1.86. The smallest absolute Gasteiger partial charge is 0.303 e. The SMILES string of the molecule is CC(C)N(CCCC(=O)O)C(=O)COc1ccccc1F. The van der Waals surface area contributed by atoms with Crippen LogP contribution in [-0.4, -0.2) is 41.1 Å². The molecule has 116 valence electrons. The van der Waals surface area contributed by atoms with E-state index < -0.39 is 11.8 Å². The lowest BCUT2D eigenvalue weighted by Crippen LogP contribution is -2.40. The van der Waals surface area contributed by atoms with E-state index in [-0.39, 0.29) is 30.7 Å². The van der Waals surface area contributed by atoms with E-state index in [2.05, 4.69) is 0 Å². The number of para-hydroxylation sites is 1. The van der Waals surface area contributed by atoms with E-state index in [1.807, 2.05) is 13.8 Å². The highest BCUT2D eigenvalue weighted by Crippen LogP contribution is 2.15. The average molecular weight is 297 g/mol. The van der Waals surface area contributed by atoms with E-state index >= 15 is 0 Å². The van der Waals surface area contributed by atoms with Gasteiger partial charge in [-0.3, -0.25) is 9.59 Å². The second kappa shape index (κ2) is 8.24. The van der Waals surface area contributed by atoms with Gasteiger partial charge >= 0.3 is 5.97 Å². The Labute approximate surface area is 123 Å². The minimum absolute atomic E-state index is 0.00463. The summed E-state index contributed by atoms with van der Waals surface area (Å²) in [5.74, 6) is -1.68. The van der Waals surface area contributed by atoms with Crippen LogP contribution in [0.25, 0.3) is 0 Å². The number of nitrogens with zero attached hydrogens (tertiary/aromatic N) is 1. The topological polar surface area (TPSA) is 66.8 Å². The van der Waals surface area contributed by atoms with Gasteiger partial charge in [0.15, 0.2) is 18.2 Å². The molecule has 6 heteroatoms. The van der Waals surface area contributed by atoms with Crippen LogP contribution in [0.1, 0.15) is 26.7 Å². The summed E-state index contributed by atoms with van der Waals surface area (Å²) in [7, 11) is 0. The van der Waals surface area contributed by atoms with Gasteiger partial charge in [-0.05, 0) is 32.4 Å². The normalized spacial score (nSPS) is 10.5. The second-order valence-corrected chi connectivity index (χ2v) is 4.90. The Bertz CT molecular complexity index is 490.